The first-order chi connectivity index (χ1) is 9.08. The molecular weight excluding hydrogens is 238 g/mol. The zero-order chi connectivity index (χ0) is 13.8. The number of aromatic hydroxyl groups is 2. The van der Waals surface area contributed by atoms with Gasteiger partial charge in [-0.05, 0) is 35.7 Å². The SMILES string of the molecule is CC(C)c1ccc(/N=C/c2cccc(O)c2O)cc1. The van der Waals surface area contributed by atoms with Gasteiger partial charge in [-0.1, -0.05) is 32.0 Å². The van der Waals surface area contributed by atoms with Crippen molar-refractivity contribution in [2.75, 3.05) is 0 Å². The van der Waals surface area contributed by atoms with Crippen LogP contribution < -0.4 is 0 Å². The first kappa shape index (κ1) is 13.1. The zero-order valence-electron chi connectivity index (χ0n) is 11.0. The Labute approximate surface area is 112 Å². The quantitative estimate of drug-likeness (QED) is 0.644. The Morgan fingerprint density at radius 1 is 1.00 bits per heavy atom. The molecular formula is C16H17NO2. The van der Waals surface area contributed by atoms with Crippen molar-refractivity contribution in [3.05, 3.63) is 53.6 Å². The van der Waals surface area contributed by atoms with E-state index in [1.165, 1.54) is 11.6 Å². The van der Waals surface area contributed by atoms with Gasteiger partial charge in [0.2, 0.25) is 0 Å². The van der Waals surface area contributed by atoms with Crippen molar-refractivity contribution in [2.24, 2.45) is 4.99 Å². The highest BCUT2D eigenvalue weighted by molar-refractivity contribution is 5.86. The third-order valence-corrected chi connectivity index (χ3v) is 2.96. The lowest BCUT2D eigenvalue weighted by Crippen LogP contribution is -1.85. The van der Waals surface area contributed by atoms with Crippen LogP contribution in [0.25, 0.3) is 0 Å². The summed E-state index contributed by atoms with van der Waals surface area (Å²) in [4.78, 5) is 4.28. The smallest absolute Gasteiger partial charge is 0.166 e. The number of rotatable bonds is 3. The molecule has 3 heteroatoms. The summed E-state index contributed by atoms with van der Waals surface area (Å²) in [5.41, 5.74) is 2.57. The van der Waals surface area contributed by atoms with Crippen molar-refractivity contribution < 1.29 is 10.2 Å². The molecule has 2 N–H and O–H groups in total. The van der Waals surface area contributed by atoms with E-state index in [9.17, 15) is 10.2 Å². The van der Waals surface area contributed by atoms with E-state index in [0.717, 1.165) is 5.69 Å². The summed E-state index contributed by atoms with van der Waals surface area (Å²) in [6, 6.07) is 12.8. The summed E-state index contributed by atoms with van der Waals surface area (Å²) in [7, 11) is 0. The van der Waals surface area contributed by atoms with Crippen molar-refractivity contribution in [3.8, 4) is 11.5 Å². The van der Waals surface area contributed by atoms with Crippen LogP contribution in [0.5, 0.6) is 11.5 Å². The minimum atomic E-state index is -0.148. The summed E-state index contributed by atoms with van der Waals surface area (Å²) in [5.74, 6) is 0.206. The summed E-state index contributed by atoms with van der Waals surface area (Å²) in [5, 5.41) is 19.0. The topological polar surface area (TPSA) is 52.8 Å². The summed E-state index contributed by atoms with van der Waals surface area (Å²) in [6.45, 7) is 4.28. The Bertz CT molecular complexity index is 586. The molecule has 0 aliphatic heterocycles. The molecule has 0 aliphatic carbocycles. The average molecular weight is 255 g/mol. The number of benzene rings is 2. The third kappa shape index (κ3) is 3.13. The molecule has 0 heterocycles. The average Bonchev–Trinajstić information content (AvgIpc) is 2.41. The molecule has 19 heavy (non-hydrogen) atoms. The summed E-state index contributed by atoms with van der Waals surface area (Å²) >= 11 is 0. The predicted octanol–water partition coefficient (Wildman–Crippen LogP) is 3.97. The van der Waals surface area contributed by atoms with E-state index >= 15 is 0 Å². The lowest BCUT2D eigenvalue weighted by Gasteiger charge is -2.04. The van der Waals surface area contributed by atoms with Gasteiger partial charge in [0, 0.05) is 11.8 Å². The van der Waals surface area contributed by atoms with E-state index < -0.39 is 0 Å². The number of para-hydroxylation sites is 1. The maximum atomic E-state index is 9.65. The second-order valence-electron chi connectivity index (χ2n) is 4.72. The first-order valence-electron chi connectivity index (χ1n) is 6.23. The van der Waals surface area contributed by atoms with Gasteiger partial charge in [0.25, 0.3) is 0 Å². The molecule has 0 spiro atoms. The van der Waals surface area contributed by atoms with E-state index in [4.69, 9.17) is 0 Å². The van der Waals surface area contributed by atoms with Crippen LogP contribution in [0.2, 0.25) is 0 Å². The van der Waals surface area contributed by atoms with Crippen LogP contribution in [0.4, 0.5) is 5.69 Å². The molecule has 2 aromatic rings. The molecule has 0 amide bonds. The van der Waals surface area contributed by atoms with Crippen LogP contribution >= 0.6 is 0 Å². The first-order valence-corrected chi connectivity index (χ1v) is 6.23. The maximum Gasteiger partial charge on any atom is 0.166 e. The van der Waals surface area contributed by atoms with Gasteiger partial charge < -0.3 is 10.2 Å². The van der Waals surface area contributed by atoms with E-state index in [0.29, 0.717) is 11.5 Å². The van der Waals surface area contributed by atoms with Crippen LogP contribution in [0.15, 0.2) is 47.5 Å². The highest BCUT2D eigenvalue weighted by Crippen LogP contribution is 2.27. The van der Waals surface area contributed by atoms with Crippen LogP contribution in [0, 0.1) is 0 Å². The normalized spacial score (nSPS) is 11.3. The molecule has 0 radical (unpaired) electrons. The minimum absolute atomic E-state index is 0.140. The molecule has 0 aliphatic rings. The number of nitrogens with zero attached hydrogens (tertiary/aromatic N) is 1. The van der Waals surface area contributed by atoms with E-state index in [-0.39, 0.29) is 11.5 Å². The van der Waals surface area contributed by atoms with Crippen LogP contribution in [0.1, 0.15) is 30.9 Å². The molecule has 0 saturated heterocycles. The Kier molecular flexibility index (Phi) is 3.85. The van der Waals surface area contributed by atoms with Gasteiger partial charge in [-0.3, -0.25) is 4.99 Å². The molecule has 0 atom stereocenters. The van der Waals surface area contributed by atoms with Crippen molar-refractivity contribution in [1.29, 1.82) is 0 Å². The standard InChI is InChI=1S/C16H17NO2/c1-11(2)12-6-8-14(9-7-12)17-10-13-4-3-5-15(18)16(13)19/h3-11,18-19H,1-2H3/b17-10+. The second-order valence-corrected chi connectivity index (χ2v) is 4.72. The Morgan fingerprint density at radius 3 is 2.32 bits per heavy atom. The zero-order valence-corrected chi connectivity index (χ0v) is 11.0. The van der Waals surface area contributed by atoms with Crippen LogP contribution in [-0.4, -0.2) is 16.4 Å². The molecule has 98 valence electrons. The van der Waals surface area contributed by atoms with Gasteiger partial charge in [0.15, 0.2) is 11.5 Å². The van der Waals surface area contributed by atoms with Gasteiger partial charge in [-0.15, -0.1) is 0 Å². The van der Waals surface area contributed by atoms with Gasteiger partial charge in [0.05, 0.1) is 5.69 Å². The highest BCUT2D eigenvalue weighted by atomic mass is 16.3. The van der Waals surface area contributed by atoms with Gasteiger partial charge in [-0.25, -0.2) is 0 Å². The van der Waals surface area contributed by atoms with E-state index in [1.54, 1.807) is 18.3 Å². The second kappa shape index (κ2) is 5.57. The van der Waals surface area contributed by atoms with Crippen LogP contribution in [-0.2, 0) is 0 Å². The summed E-state index contributed by atoms with van der Waals surface area (Å²) in [6.07, 6.45) is 1.54. The molecule has 2 aromatic carbocycles. The number of hydrogen-bond donors (Lipinski definition) is 2. The fourth-order valence-electron chi connectivity index (χ4n) is 1.74. The lowest BCUT2D eigenvalue weighted by atomic mass is 10.0. The lowest BCUT2D eigenvalue weighted by molar-refractivity contribution is 0.403. The van der Waals surface area contributed by atoms with Gasteiger partial charge >= 0.3 is 0 Å². The van der Waals surface area contributed by atoms with Gasteiger partial charge in [0.1, 0.15) is 0 Å². The molecule has 0 saturated carbocycles. The van der Waals surface area contributed by atoms with E-state index in [2.05, 4.69) is 18.8 Å². The van der Waals surface area contributed by atoms with Crippen molar-refractivity contribution >= 4 is 11.9 Å². The Hall–Kier alpha value is -2.29. The molecule has 0 bridgehead atoms. The van der Waals surface area contributed by atoms with Crippen molar-refractivity contribution in [2.45, 2.75) is 19.8 Å². The Morgan fingerprint density at radius 2 is 1.68 bits per heavy atom. The Balaban J connectivity index is 2.20. The largest absolute Gasteiger partial charge is 0.504 e. The fraction of sp³-hybridized carbons (Fsp3) is 0.188. The van der Waals surface area contributed by atoms with Crippen molar-refractivity contribution in [3.63, 3.8) is 0 Å². The minimum Gasteiger partial charge on any atom is -0.504 e. The van der Waals surface area contributed by atoms with E-state index in [1.807, 2.05) is 24.3 Å². The van der Waals surface area contributed by atoms with Crippen molar-refractivity contribution in [1.82, 2.24) is 0 Å². The third-order valence-electron chi connectivity index (χ3n) is 2.96. The highest BCUT2D eigenvalue weighted by Gasteiger charge is 2.03. The number of phenols is 2. The predicted molar refractivity (Wildman–Crippen MR) is 77.6 cm³/mol. The fourth-order valence-corrected chi connectivity index (χ4v) is 1.74. The molecule has 0 unspecified atom stereocenters. The molecule has 0 fully saturated rings. The molecule has 3 nitrogen and oxygen atoms in total. The van der Waals surface area contributed by atoms with Crippen LogP contribution in [0.3, 0.4) is 0 Å². The molecule has 0 aromatic heterocycles. The number of hydrogen-bond acceptors (Lipinski definition) is 3. The maximum absolute atomic E-state index is 9.65. The van der Waals surface area contributed by atoms with Gasteiger partial charge in [-0.2, -0.15) is 0 Å². The monoisotopic (exact) mass is 255 g/mol. The number of phenolic OH excluding ortho intramolecular Hbond substituents is 2. The number of aliphatic imine (C=N–C) groups is 1. The molecule has 2 rings (SSSR count). The summed E-state index contributed by atoms with van der Waals surface area (Å²) < 4.78 is 0.